The molecule has 8 rings (SSSR count). The number of nitrogens with one attached hydrogen (secondary N) is 1. The van der Waals surface area contributed by atoms with Crippen molar-refractivity contribution in [2.75, 3.05) is 220 Å². The van der Waals surface area contributed by atoms with Gasteiger partial charge in [0.2, 0.25) is 10.9 Å². The third kappa shape index (κ3) is 35.6. The van der Waals surface area contributed by atoms with Crippen molar-refractivity contribution in [3.63, 3.8) is 0 Å². The predicted octanol–water partition coefficient (Wildman–Crippen LogP) is 10.6. The zero-order valence-corrected chi connectivity index (χ0v) is 88.1. The van der Waals surface area contributed by atoms with Crippen molar-refractivity contribution >= 4 is 85.3 Å². The normalized spacial score (nSPS) is 12.0. The van der Waals surface area contributed by atoms with E-state index in [0.29, 0.717) is 91.9 Å². The highest BCUT2D eigenvalue weighted by molar-refractivity contribution is 5.79. The van der Waals surface area contributed by atoms with Gasteiger partial charge in [0.05, 0.1) is 5.69 Å². The van der Waals surface area contributed by atoms with Gasteiger partial charge in [-0.1, -0.05) is 166 Å². The van der Waals surface area contributed by atoms with Gasteiger partial charge in [0.1, 0.15) is 79.6 Å². The van der Waals surface area contributed by atoms with Crippen molar-refractivity contribution in [3.05, 3.63) is 169 Å². The van der Waals surface area contributed by atoms with Crippen LogP contribution in [0.4, 0.5) is 85.3 Å². The molecular weight excluding hydrogens is 1680 g/mol. The monoisotopic (exact) mass is 1850 g/mol. The molecule has 744 valence electrons. The first-order valence-corrected chi connectivity index (χ1v) is 46.4. The standard InChI is InChI=1S/C15H26N2O2.C14H24N2O2.2C13H22N2O2.2C12H20N2O2.C11H18N2O2.C11H17NO2/c1-7-17(8-2)12-11(13(18)14(12)19)16(6)10-9-15(3,4)5;1-7-15(5)10-11(13(18)12(10)17)16(6)9-8-14(2,3)4;1-13(2,3)7-8-15(6)10-9(14(4)5)11(16)12(10)17;1-6-14-9-10(12(17)11(9)16)15(5)8-7-13(2,3)4;2*1-12(2,3)6-5-7-14(4)9-8(13)10(15)11(9)16;1-11(2,3)5-6-13(4)8-7(12)9(14)10(8)15;1-11(2,3)6-4-5-7-8(12)10(14)9(7)13/h7-10H2,1-6H3;7-9H2,1-6H3;7-8H2,1-6H3;14H,6-8H2,1-5H3;2*5-7,13H2,1-4H3;5-6,12H2,1-4H3;4-6,12H2,1-3H3. The second-order valence-electron chi connectivity index (χ2n) is 45.1. The molecule has 0 radical (unpaired) electrons. The summed E-state index contributed by atoms with van der Waals surface area (Å²) < 4.78 is 0. The highest BCUT2D eigenvalue weighted by Gasteiger charge is 2.33. The van der Waals surface area contributed by atoms with Crippen LogP contribution in [0, 0.1) is 43.3 Å². The van der Waals surface area contributed by atoms with Gasteiger partial charge in [0.25, 0.3) is 76.0 Å². The summed E-state index contributed by atoms with van der Waals surface area (Å²) in [5, 5.41) is 2.96. The number of anilines is 15. The Morgan fingerprint density at radius 1 is 0.220 bits per heavy atom. The molecule has 31 heteroatoms. The molecule has 0 amide bonds. The third-order valence-corrected chi connectivity index (χ3v) is 22.9. The van der Waals surface area contributed by atoms with E-state index < -0.39 is 38.0 Å². The summed E-state index contributed by atoms with van der Waals surface area (Å²) in [4.78, 5) is 200. The fourth-order valence-electron chi connectivity index (χ4n) is 13.8. The number of hydrogen-bond donors (Lipinski definition) is 5. The van der Waals surface area contributed by atoms with Crippen LogP contribution in [0.5, 0.6) is 0 Å². The van der Waals surface area contributed by atoms with E-state index in [4.69, 9.17) is 22.9 Å². The first-order chi connectivity index (χ1) is 59.9. The van der Waals surface area contributed by atoms with E-state index in [1.54, 1.807) is 54.8 Å². The molecule has 0 bridgehead atoms. The van der Waals surface area contributed by atoms with Gasteiger partial charge >= 0.3 is 0 Å². The molecule has 0 spiro atoms. The molecule has 31 nitrogen and oxygen atoms in total. The first-order valence-electron chi connectivity index (χ1n) is 46.4. The maximum atomic E-state index is 11.8. The first kappa shape index (κ1) is 120. The minimum Gasteiger partial charge on any atom is -0.395 e. The highest BCUT2D eigenvalue weighted by Crippen LogP contribution is 2.32. The summed E-state index contributed by atoms with van der Waals surface area (Å²) in [7, 11) is 18.3. The molecule has 0 atom stereocenters. The fourth-order valence-corrected chi connectivity index (χ4v) is 13.8. The lowest BCUT2D eigenvalue weighted by Crippen LogP contribution is -2.45. The Bertz CT molecular complexity index is 5560. The maximum Gasteiger partial charge on any atom is 0.253 e. The summed E-state index contributed by atoms with van der Waals surface area (Å²) in [5.74, 6) is 0. The Labute approximate surface area is 784 Å². The lowest BCUT2D eigenvalue weighted by Gasteiger charge is -2.31. The Morgan fingerprint density at radius 2 is 0.439 bits per heavy atom. The quantitative estimate of drug-likeness (QED) is 0.0234. The smallest absolute Gasteiger partial charge is 0.253 e. The largest absolute Gasteiger partial charge is 0.395 e. The summed E-state index contributed by atoms with van der Waals surface area (Å²) in [5.41, 5.74) is 23.8. The summed E-state index contributed by atoms with van der Waals surface area (Å²) in [6, 6.07) is 0. The van der Waals surface area contributed by atoms with Crippen molar-refractivity contribution in [2.24, 2.45) is 43.3 Å². The van der Waals surface area contributed by atoms with Crippen LogP contribution in [0.2, 0.25) is 0 Å². The second-order valence-corrected chi connectivity index (χ2v) is 45.1. The molecule has 0 aliphatic carbocycles. The average Bonchev–Trinajstić information content (AvgIpc) is 0.763. The minimum atomic E-state index is -0.549. The van der Waals surface area contributed by atoms with Crippen molar-refractivity contribution in [3.8, 4) is 0 Å². The Kier molecular flexibility index (Phi) is 44.5. The fraction of sp³-hybridized carbons (Fsp3) is 0.683. The molecule has 0 unspecified atom stereocenters. The van der Waals surface area contributed by atoms with E-state index in [2.05, 4.69) is 171 Å². The summed E-state index contributed by atoms with van der Waals surface area (Å²) in [6.07, 6.45) is 11.6. The molecule has 9 N–H and O–H groups in total. The third-order valence-electron chi connectivity index (χ3n) is 22.9. The lowest BCUT2D eigenvalue weighted by atomic mass is 9.88. The van der Waals surface area contributed by atoms with Gasteiger partial charge in [-0.25, -0.2) is 0 Å². The number of hydrogen-bond acceptors (Lipinski definition) is 31. The summed E-state index contributed by atoms with van der Waals surface area (Å²) >= 11 is 0. The van der Waals surface area contributed by atoms with Gasteiger partial charge in [0, 0.05) is 148 Å². The number of nitrogens with two attached hydrogens (primary N) is 4. The number of nitrogen functional groups attached to an aromatic ring is 4. The predicted molar refractivity (Wildman–Crippen MR) is 562 cm³/mol. The molecule has 0 aromatic heterocycles. The van der Waals surface area contributed by atoms with Gasteiger partial charge in [-0.15, -0.1) is 0 Å². The van der Waals surface area contributed by atoms with Crippen LogP contribution in [-0.4, -0.2) is 142 Å². The zero-order chi connectivity index (χ0) is 103. The minimum absolute atomic E-state index is 0.108. The number of rotatable bonds is 34. The Balaban J connectivity index is 0.000000755. The molecule has 0 saturated heterocycles. The van der Waals surface area contributed by atoms with Gasteiger partial charge in [-0.05, 0) is 148 Å². The molecule has 0 saturated carbocycles. The van der Waals surface area contributed by atoms with Crippen LogP contribution in [0.3, 0.4) is 0 Å². The average molecular weight is 1850 g/mol. The molecule has 0 aliphatic rings. The van der Waals surface area contributed by atoms with Gasteiger partial charge in [0.15, 0.2) is 0 Å². The van der Waals surface area contributed by atoms with Crippen molar-refractivity contribution < 1.29 is 0 Å². The van der Waals surface area contributed by atoms with Crippen LogP contribution >= 0.6 is 0 Å². The molecule has 0 aliphatic heterocycles. The summed E-state index contributed by atoms with van der Waals surface area (Å²) in [6.45, 7) is 68.1. The van der Waals surface area contributed by atoms with E-state index in [-0.39, 0.29) is 104 Å². The van der Waals surface area contributed by atoms with Crippen LogP contribution in [0.15, 0.2) is 76.7 Å². The topological polar surface area (TPSA) is 422 Å². The van der Waals surface area contributed by atoms with Crippen molar-refractivity contribution in [2.45, 2.75) is 271 Å². The highest BCUT2D eigenvalue weighted by atomic mass is 16.2. The Hall–Kier alpha value is -10.4. The molecule has 0 heterocycles. The molecular formula is C101H169N15O16. The van der Waals surface area contributed by atoms with E-state index >= 15 is 0 Å². The van der Waals surface area contributed by atoms with E-state index in [9.17, 15) is 76.7 Å². The van der Waals surface area contributed by atoms with Gasteiger partial charge < -0.3 is 77.3 Å². The van der Waals surface area contributed by atoms with Crippen LogP contribution < -0.4 is 164 Å². The van der Waals surface area contributed by atoms with E-state index in [1.165, 1.54) is 0 Å². The van der Waals surface area contributed by atoms with Crippen molar-refractivity contribution in [1.29, 1.82) is 0 Å². The van der Waals surface area contributed by atoms with Crippen LogP contribution in [-0.2, 0) is 6.42 Å². The lowest BCUT2D eigenvalue weighted by molar-refractivity contribution is 0.365. The van der Waals surface area contributed by atoms with Gasteiger partial charge in [-0.3, -0.25) is 76.7 Å². The number of nitrogens with zero attached hydrogens (tertiary/aromatic N) is 10. The van der Waals surface area contributed by atoms with Crippen LogP contribution in [0.1, 0.15) is 270 Å². The SMILES string of the molecule is CC(C)(C)CCCc1c(N)c(=O)c1=O.CCN(C)c1c(N(C)CCC(C)(C)C)c(=O)c1=O.CCN(CC)c1c(N(C)CCC(C)(C)C)c(=O)c1=O.CCNc1c(N(C)CCC(C)(C)C)c(=O)c1=O.CN(C)c1c(N(C)CCC(C)(C)C)c(=O)c1=O.CN(CCC(C)(C)C)c1c(N)c(=O)c1=O.CN(CCCC(C)(C)C)c1c(N)c(=O)c1=O.CN(CCCC(C)(C)C)c1c(N)c(=O)c1=O. The van der Waals surface area contributed by atoms with Crippen molar-refractivity contribution in [1.82, 2.24) is 0 Å². The zero-order valence-electron chi connectivity index (χ0n) is 88.1. The molecule has 0 fully saturated rings. The second kappa shape index (κ2) is 49.0. The van der Waals surface area contributed by atoms with E-state index in [0.717, 1.165) is 136 Å². The van der Waals surface area contributed by atoms with Crippen LogP contribution in [0.25, 0.3) is 0 Å². The van der Waals surface area contributed by atoms with Gasteiger partial charge in [-0.2, -0.15) is 0 Å². The van der Waals surface area contributed by atoms with E-state index in [1.807, 2.05) is 92.3 Å². The Morgan fingerprint density at radius 3 is 0.697 bits per heavy atom. The maximum absolute atomic E-state index is 11.8. The molecule has 8 aromatic carbocycles. The molecule has 8 aromatic rings. The molecule has 132 heavy (non-hydrogen) atoms.